The van der Waals surface area contributed by atoms with Gasteiger partial charge in [0.25, 0.3) is 0 Å². The Kier molecular flexibility index (Phi) is 7.10. The predicted octanol–water partition coefficient (Wildman–Crippen LogP) is 4.29. The smallest absolute Gasteiger partial charge is 0.316 e. The molecule has 1 atom stereocenters. The molecule has 0 saturated carbocycles. The van der Waals surface area contributed by atoms with Crippen LogP contribution in [0.5, 0.6) is 0 Å². The molecule has 10 heteroatoms. The summed E-state index contributed by atoms with van der Waals surface area (Å²) in [5.41, 5.74) is 8.87. The lowest BCUT2D eigenvalue weighted by molar-refractivity contribution is -0.137. The number of allylic oxidation sites excluding steroid dienone is 4. The van der Waals surface area contributed by atoms with Crippen LogP contribution < -0.4 is 10.6 Å². The number of benzene rings is 1. The van der Waals surface area contributed by atoms with Crippen LogP contribution in [0.1, 0.15) is 32.3 Å². The Labute approximate surface area is 212 Å². The van der Waals surface area contributed by atoms with Crippen LogP contribution in [0.4, 0.5) is 5.13 Å². The SMILES string of the molecule is COC(=O)CSc1nnc(N2C(N)=C(C#N)C(/C=C/c3ccccc3)C3=C2CC(C)(C)CC3=O)s1. The average molecular weight is 508 g/mol. The second-order valence-electron chi connectivity index (χ2n) is 9.01. The van der Waals surface area contributed by atoms with Gasteiger partial charge in [0.1, 0.15) is 5.82 Å². The quantitative estimate of drug-likeness (QED) is 0.450. The molecule has 0 saturated heterocycles. The minimum absolute atomic E-state index is 0.00554. The molecule has 2 heterocycles. The van der Waals surface area contributed by atoms with E-state index >= 15 is 0 Å². The first-order valence-corrected chi connectivity index (χ1v) is 12.8. The van der Waals surface area contributed by atoms with Crippen molar-refractivity contribution in [3.63, 3.8) is 0 Å². The van der Waals surface area contributed by atoms with Crippen LogP contribution >= 0.6 is 23.1 Å². The zero-order valence-corrected chi connectivity index (χ0v) is 21.3. The lowest BCUT2D eigenvalue weighted by Crippen LogP contribution is -2.42. The van der Waals surface area contributed by atoms with Crippen molar-refractivity contribution in [1.29, 1.82) is 5.26 Å². The van der Waals surface area contributed by atoms with Crippen LogP contribution in [0.25, 0.3) is 6.08 Å². The van der Waals surface area contributed by atoms with Crippen LogP contribution in [-0.4, -0.2) is 34.8 Å². The molecule has 2 aliphatic rings. The fourth-order valence-corrected chi connectivity index (χ4v) is 5.98. The zero-order chi connectivity index (χ0) is 25.2. The summed E-state index contributed by atoms with van der Waals surface area (Å²) in [6.07, 6.45) is 4.76. The fraction of sp³-hybridized carbons (Fsp3) is 0.320. The van der Waals surface area contributed by atoms with Crippen LogP contribution in [0, 0.1) is 22.7 Å². The van der Waals surface area contributed by atoms with Crippen molar-refractivity contribution in [3.05, 3.63) is 64.6 Å². The molecular weight excluding hydrogens is 482 g/mol. The number of carbonyl (C=O) groups excluding carboxylic acids is 2. The van der Waals surface area contributed by atoms with E-state index in [-0.39, 0.29) is 28.7 Å². The second kappa shape index (κ2) is 10.1. The zero-order valence-electron chi connectivity index (χ0n) is 19.6. The lowest BCUT2D eigenvalue weighted by atomic mass is 9.70. The largest absolute Gasteiger partial charge is 0.468 e. The summed E-state index contributed by atoms with van der Waals surface area (Å²) < 4.78 is 5.25. The summed E-state index contributed by atoms with van der Waals surface area (Å²) in [6, 6.07) is 11.9. The number of carbonyl (C=O) groups is 2. The number of Topliss-reactive ketones (excluding diaryl/α,β-unsaturated/α-hetero) is 1. The summed E-state index contributed by atoms with van der Waals surface area (Å²) >= 11 is 2.46. The Balaban J connectivity index is 1.79. The minimum Gasteiger partial charge on any atom is -0.468 e. The normalized spacial score (nSPS) is 19.7. The number of rotatable bonds is 6. The van der Waals surface area contributed by atoms with Gasteiger partial charge in [-0.05, 0) is 17.4 Å². The Morgan fingerprint density at radius 3 is 2.77 bits per heavy atom. The van der Waals surface area contributed by atoms with Gasteiger partial charge in [-0.15, -0.1) is 10.2 Å². The van der Waals surface area contributed by atoms with Crippen molar-refractivity contribution in [2.24, 2.45) is 17.1 Å². The van der Waals surface area contributed by atoms with Gasteiger partial charge in [-0.25, -0.2) is 0 Å². The van der Waals surface area contributed by atoms with Gasteiger partial charge in [0.05, 0.1) is 24.5 Å². The summed E-state index contributed by atoms with van der Waals surface area (Å²) in [7, 11) is 1.33. The second-order valence-corrected chi connectivity index (χ2v) is 11.2. The Bertz CT molecular complexity index is 1290. The van der Waals surface area contributed by atoms with Crippen molar-refractivity contribution in [2.75, 3.05) is 17.8 Å². The number of nitrogens with two attached hydrogens (primary N) is 1. The van der Waals surface area contributed by atoms with E-state index in [4.69, 9.17) is 5.73 Å². The van der Waals surface area contributed by atoms with E-state index < -0.39 is 5.92 Å². The third-order valence-corrected chi connectivity index (χ3v) is 7.85. The Morgan fingerprint density at radius 1 is 1.34 bits per heavy atom. The van der Waals surface area contributed by atoms with E-state index in [1.165, 1.54) is 30.2 Å². The highest BCUT2D eigenvalue weighted by molar-refractivity contribution is 8.01. The molecule has 0 amide bonds. The van der Waals surface area contributed by atoms with Crippen molar-refractivity contribution < 1.29 is 14.3 Å². The molecule has 0 fully saturated rings. The molecule has 1 aromatic carbocycles. The van der Waals surface area contributed by atoms with Gasteiger partial charge >= 0.3 is 5.97 Å². The maximum absolute atomic E-state index is 13.4. The third kappa shape index (κ3) is 5.16. The van der Waals surface area contributed by atoms with E-state index in [0.717, 1.165) is 11.3 Å². The van der Waals surface area contributed by atoms with Gasteiger partial charge < -0.3 is 10.5 Å². The minimum atomic E-state index is -0.545. The maximum atomic E-state index is 13.4. The number of ether oxygens (including phenoxy) is 1. The molecule has 1 aromatic heterocycles. The number of thioether (sulfide) groups is 1. The van der Waals surface area contributed by atoms with Crippen LogP contribution in [0.15, 0.2) is 63.4 Å². The van der Waals surface area contributed by atoms with Crippen molar-refractivity contribution in [1.82, 2.24) is 10.2 Å². The van der Waals surface area contributed by atoms with E-state index in [9.17, 15) is 14.9 Å². The van der Waals surface area contributed by atoms with Crippen molar-refractivity contribution >= 4 is 46.1 Å². The summed E-state index contributed by atoms with van der Waals surface area (Å²) in [5.74, 6) is -0.579. The number of aromatic nitrogens is 2. The Morgan fingerprint density at radius 2 is 2.09 bits per heavy atom. The highest BCUT2D eigenvalue weighted by Gasteiger charge is 2.44. The molecule has 0 spiro atoms. The van der Waals surface area contributed by atoms with Gasteiger partial charge in [0.15, 0.2) is 10.1 Å². The molecular formula is C25H25N5O3S2. The fourth-order valence-electron chi connectivity index (χ4n) is 4.26. The van der Waals surface area contributed by atoms with Crippen LogP contribution in [0.2, 0.25) is 0 Å². The maximum Gasteiger partial charge on any atom is 0.316 e. The highest BCUT2D eigenvalue weighted by atomic mass is 32.2. The van der Waals surface area contributed by atoms with E-state index in [1.807, 2.05) is 56.3 Å². The number of ketones is 1. The molecule has 2 N–H and O–H groups in total. The van der Waals surface area contributed by atoms with Crippen LogP contribution in [-0.2, 0) is 14.3 Å². The highest BCUT2D eigenvalue weighted by Crippen LogP contribution is 2.48. The molecule has 1 aliphatic carbocycles. The van der Waals surface area contributed by atoms with E-state index in [0.29, 0.717) is 33.5 Å². The Hall–Kier alpha value is -3.42. The summed E-state index contributed by atoms with van der Waals surface area (Å²) in [5, 5.41) is 19.0. The number of hydrogen-bond donors (Lipinski definition) is 1. The number of hydrogen-bond acceptors (Lipinski definition) is 10. The number of nitriles is 1. The van der Waals surface area contributed by atoms with E-state index in [2.05, 4.69) is 21.0 Å². The van der Waals surface area contributed by atoms with Gasteiger partial charge in [-0.1, -0.05) is 79.4 Å². The average Bonchev–Trinajstić information content (AvgIpc) is 3.29. The first kappa shape index (κ1) is 24.7. The summed E-state index contributed by atoms with van der Waals surface area (Å²) in [4.78, 5) is 26.7. The number of nitrogens with zero attached hydrogens (tertiary/aromatic N) is 4. The number of anilines is 1. The molecule has 1 aliphatic heterocycles. The monoisotopic (exact) mass is 507 g/mol. The van der Waals surface area contributed by atoms with Crippen LogP contribution in [0.3, 0.4) is 0 Å². The molecule has 2 aromatic rings. The molecule has 4 rings (SSSR count). The standard InChI is InChI=1S/C25H25N5O3S2/c1-25(2)11-18-21(19(31)12-25)16(10-9-15-7-5-4-6-8-15)17(13-26)22(27)30(18)23-28-29-24(35-23)34-14-20(32)33-3/h4-10,16H,11-12,14,27H2,1-3H3/b10-9+. The molecule has 180 valence electrons. The topological polar surface area (TPSA) is 122 Å². The first-order chi connectivity index (χ1) is 16.7. The van der Waals surface area contributed by atoms with Crippen molar-refractivity contribution in [2.45, 2.75) is 31.0 Å². The first-order valence-electron chi connectivity index (χ1n) is 11.0. The number of methoxy groups -OCH3 is 1. The van der Waals surface area contributed by atoms with Gasteiger partial charge in [-0.3, -0.25) is 14.5 Å². The van der Waals surface area contributed by atoms with Gasteiger partial charge in [0.2, 0.25) is 5.13 Å². The summed E-state index contributed by atoms with van der Waals surface area (Å²) in [6.45, 7) is 4.08. The predicted molar refractivity (Wildman–Crippen MR) is 136 cm³/mol. The number of esters is 1. The molecule has 1 unspecified atom stereocenters. The van der Waals surface area contributed by atoms with Gasteiger partial charge in [0, 0.05) is 23.6 Å². The van der Waals surface area contributed by atoms with Gasteiger partial charge in [-0.2, -0.15) is 5.26 Å². The van der Waals surface area contributed by atoms with E-state index in [1.54, 1.807) is 4.90 Å². The molecule has 35 heavy (non-hydrogen) atoms. The molecule has 0 radical (unpaired) electrons. The molecule has 8 nitrogen and oxygen atoms in total. The lowest BCUT2D eigenvalue weighted by Gasteiger charge is -2.41. The molecule has 0 bridgehead atoms. The van der Waals surface area contributed by atoms with Crippen molar-refractivity contribution in [3.8, 4) is 6.07 Å². The third-order valence-electron chi connectivity index (χ3n) is 5.83.